The van der Waals surface area contributed by atoms with Crippen LogP contribution in [0.1, 0.15) is 24.1 Å². The SMILES string of the molecule is C[C@@H](NC(=O)Cc1ccccc1)c1cccc(Cl)c1. The van der Waals surface area contributed by atoms with Crippen molar-refractivity contribution in [3.05, 3.63) is 70.7 Å². The van der Waals surface area contributed by atoms with Gasteiger partial charge in [0.15, 0.2) is 0 Å². The Bertz CT molecular complexity index is 554. The van der Waals surface area contributed by atoms with Gasteiger partial charge < -0.3 is 5.32 Å². The predicted molar refractivity (Wildman–Crippen MR) is 78.2 cm³/mol. The summed E-state index contributed by atoms with van der Waals surface area (Å²) < 4.78 is 0. The maximum atomic E-state index is 11.9. The molecule has 0 fully saturated rings. The summed E-state index contributed by atoms with van der Waals surface area (Å²) in [6.07, 6.45) is 0.395. The van der Waals surface area contributed by atoms with E-state index < -0.39 is 0 Å². The van der Waals surface area contributed by atoms with Crippen molar-refractivity contribution in [3.8, 4) is 0 Å². The summed E-state index contributed by atoms with van der Waals surface area (Å²) in [5, 5.41) is 3.66. The van der Waals surface area contributed by atoms with E-state index in [0.29, 0.717) is 11.4 Å². The normalized spacial score (nSPS) is 11.9. The van der Waals surface area contributed by atoms with Gasteiger partial charge in [0.2, 0.25) is 5.91 Å². The molecule has 19 heavy (non-hydrogen) atoms. The molecule has 0 aliphatic rings. The molecule has 0 radical (unpaired) electrons. The summed E-state index contributed by atoms with van der Waals surface area (Å²) in [5.41, 5.74) is 2.02. The van der Waals surface area contributed by atoms with Crippen molar-refractivity contribution < 1.29 is 4.79 Å². The summed E-state index contributed by atoms with van der Waals surface area (Å²) in [7, 11) is 0. The molecule has 2 rings (SSSR count). The average Bonchev–Trinajstić information content (AvgIpc) is 2.39. The average molecular weight is 274 g/mol. The fourth-order valence-corrected chi connectivity index (χ4v) is 2.13. The highest BCUT2D eigenvalue weighted by Crippen LogP contribution is 2.17. The lowest BCUT2D eigenvalue weighted by molar-refractivity contribution is -0.121. The molecule has 98 valence electrons. The molecule has 0 bridgehead atoms. The molecule has 0 unspecified atom stereocenters. The van der Waals surface area contributed by atoms with E-state index in [2.05, 4.69) is 5.32 Å². The lowest BCUT2D eigenvalue weighted by Crippen LogP contribution is -2.28. The lowest BCUT2D eigenvalue weighted by Gasteiger charge is -2.14. The van der Waals surface area contributed by atoms with E-state index in [-0.39, 0.29) is 11.9 Å². The number of benzene rings is 2. The molecule has 2 aromatic carbocycles. The van der Waals surface area contributed by atoms with Crippen LogP contribution in [0.15, 0.2) is 54.6 Å². The third-order valence-corrected chi connectivity index (χ3v) is 3.17. The van der Waals surface area contributed by atoms with Crippen LogP contribution in [0, 0.1) is 0 Å². The second-order valence-corrected chi connectivity index (χ2v) is 4.94. The Hall–Kier alpha value is -1.80. The van der Waals surface area contributed by atoms with Gasteiger partial charge in [-0.05, 0) is 30.2 Å². The molecule has 0 heterocycles. The van der Waals surface area contributed by atoms with Gasteiger partial charge in [-0.3, -0.25) is 4.79 Å². The molecule has 1 atom stereocenters. The highest BCUT2D eigenvalue weighted by Gasteiger charge is 2.10. The third-order valence-electron chi connectivity index (χ3n) is 2.93. The van der Waals surface area contributed by atoms with Crippen LogP contribution in [0.5, 0.6) is 0 Å². The van der Waals surface area contributed by atoms with Crippen molar-refractivity contribution in [1.82, 2.24) is 5.32 Å². The van der Waals surface area contributed by atoms with Gasteiger partial charge in [0.1, 0.15) is 0 Å². The van der Waals surface area contributed by atoms with Gasteiger partial charge >= 0.3 is 0 Å². The molecule has 0 saturated carbocycles. The van der Waals surface area contributed by atoms with E-state index >= 15 is 0 Å². The standard InChI is InChI=1S/C16H16ClNO/c1-12(14-8-5-9-15(17)11-14)18-16(19)10-13-6-3-2-4-7-13/h2-9,11-12H,10H2,1H3,(H,18,19)/t12-/m1/s1. The van der Waals surface area contributed by atoms with Crippen LogP contribution in [0.25, 0.3) is 0 Å². The topological polar surface area (TPSA) is 29.1 Å². The van der Waals surface area contributed by atoms with Crippen molar-refractivity contribution in [3.63, 3.8) is 0 Å². The van der Waals surface area contributed by atoms with Gasteiger partial charge in [-0.2, -0.15) is 0 Å². The molecule has 3 heteroatoms. The van der Waals surface area contributed by atoms with Crippen LogP contribution in [-0.2, 0) is 11.2 Å². The number of halogens is 1. The zero-order valence-electron chi connectivity index (χ0n) is 10.8. The highest BCUT2D eigenvalue weighted by atomic mass is 35.5. The zero-order valence-corrected chi connectivity index (χ0v) is 11.5. The molecule has 0 aliphatic heterocycles. The van der Waals surface area contributed by atoms with Crippen LogP contribution >= 0.6 is 11.6 Å². The van der Waals surface area contributed by atoms with Gasteiger partial charge in [0.25, 0.3) is 0 Å². The summed E-state index contributed by atoms with van der Waals surface area (Å²) in [6, 6.07) is 17.2. The molecule has 2 nitrogen and oxygen atoms in total. The Kier molecular flexibility index (Phi) is 4.58. The lowest BCUT2D eigenvalue weighted by atomic mass is 10.1. The van der Waals surface area contributed by atoms with Crippen LogP contribution in [-0.4, -0.2) is 5.91 Å². The predicted octanol–water partition coefficient (Wildman–Crippen LogP) is 3.76. The Morgan fingerprint density at radius 3 is 2.58 bits per heavy atom. The van der Waals surface area contributed by atoms with Gasteiger partial charge in [-0.1, -0.05) is 54.1 Å². The fourth-order valence-electron chi connectivity index (χ4n) is 1.93. The summed E-state index contributed by atoms with van der Waals surface area (Å²) in [6.45, 7) is 1.95. The molecule has 0 aromatic heterocycles. The molecule has 1 amide bonds. The molecule has 1 N–H and O–H groups in total. The minimum absolute atomic E-state index is 0.0127. The molecular weight excluding hydrogens is 258 g/mol. The molecule has 0 spiro atoms. The smallest absolute Gasteiger partial charge is 0.224 e. The van der Waals surface area contributed by atoms with Crippen molar-refractivity contribution >= 4 is 17.5 Å². The molecule has 2 aromatic rings. The molecular formula is C16H16ClNO. The van der Waals surface area contributed by atoms with Crippen molar-refractivity contribution in [2.24, 2.45) is 0 Å². The van der Waals surface area contributed by atoms with Crippen LogP contribution in [0.2, 0.25) is 5.02 Å². The minimum Gasteiger partial charge on any atom is -0.349 e. The van der Waals surface area contributed by atoms with Crippen LogP contribution in [0.3, 0.4) is 0 Å². The van der Waals surface area contributed by atoms with Gasteiger partial charge in [0.05, 0.1) is 12.5 Å². The van der Waals surface area contributed by atoms with Crippen LogP contribution in [0.4, 0.5) is 0 Å². The number of carbonyl (C=O) groups excluding carboxylic acids is 1. The summed E-state index contributed by atoms with van der Waals surface area (Å²) in [5.74, 6) is 0.0127. The first-order valence-electron chi connectivity index (χ1n) is 6.24. The first-order valence-corrected chi connectivity index (χ1v) is 6.61. The van der Waals surface area contributed by atoms with E-state index in [1.54, 1.807) is 0 Å². The van der Waals surface area contributed by atoms with E-state index in [9.17, 15) is 4.79 Å². The third kappa shape index (κ3) is 4.11. The van der Waals surface area contributed by atoms with Gasteiger partial charge in [-0.25, -0.2) is 0 Å². The highest BCUT2D eigenvalue weighted by molar-refractivity contribution is 6.30. The monoisotopic (exact) mass is 273 g/mol. The Morgan fingerprint density at radius 1 is 1.16 bits per heavy atom. The van der Waals surface area contributed by atoms with Gasteiger partial charge in [0, 0.05) is 5.02 Å². The quantitative estimate of drug-likeness (QED) is 0.903. The first kappa shape index (κ1) is 13.6. The number of amides is 1. The number of rotatable bonds is 4. The number of nitrogens with one attached hydrogen (secondary N) is 1. The second kappa shape index (κ2) is 6.39. The molecule has 0 saturated heterocycles. The maximum Gasteiger partial charge on any atom is 0.224 e. The Morgan fingerprint density at radius 2 is 1.89 bits per heavy atom. The largest absolute Gasteiger partial charge is 0.349 e. The van der Waals surface area contributed by atoms with Crippen LogP contribution < -0.4 is 5.32 Å². The Balaban J connectivity index is 1.95. The van der Waals surface area contributed by atoms with E-state index in [0.717, 1.165) is 11.1 Å². The summed E-state index contributed by atoms with van der Waals surface area (Å²) >= 11 is 5.94. The number of carbonyl (C=O) groups is 1. The van der Waals surface area contributed by atoms with Crippen molar-refractivity contribution in [1.29, 1.82) is 0 Å². The number of hydrogen-bond acceptors (Lipinski definition) is 1. The van der Waals surface area contributed by atoms with Gasteiger partial charge in [-0.15, -0.1) is 0 Å². The first-order chi connectivity index (χ1) is 9.15. The van der Waals surface area contributed by atoms with E-state index in [4.69, 9.17) is 11.6 Å². The zero-order chi connectivity index (χ0) is 13.7. The molecule has 0 aliphatic carbocycles. The number of hydrogen-bond donors (Lipinski definition) is 1. The van der Waals surface area contributed by atoms with E-state index in [1.807, 2.05) is 61.5 Å². The second-order valence-electron chi connectivity index (χ2n) is 4.51. The minimum atomic E-state index is -0.0464. The van der Waals surface area contributed by atoms with Crippen molar-refractivity contribution in [2.45, 2.75) is 19.4 Å². The van der Waals surface area contributed by atoms with Crippen molar-refractivity contribution in [2.75, 3.05) is 0 Å². The van der Waals surface area contributed by atoms with E-state index in [1.165, 1.54) is 0 Å². The fraction of sp³-hybridized carbons (Fsp3) is 0.188. The Labute approximate surface area is 118 Å². The summed E-state index contributed by atoms with van der Waals surface area (Å²) in [4.78, 5) is 11.9. The maximum absolute atomic E-state index is 11.9.